The number of anilines is 1. The maximum Gasteiger partial charge on any atom is 0.494 e. The van der Waals surface area contributed by atoms with Gasteiger partial charge in [-0.15, -0.1) is 0 Å². The Kier molecular flexibility index (Phi) is 4.98. The zero-order valence-electron chi connectivity index (χ0n) is 12.8. The third kappa shape index (κ3) is 3.61. The first-order valence-corrected chi connectivity index (χ1v) is 7.54. The highest BCUT2D eigenvalue weighted by atomic mass is 16.6. The van der Waals surface area contributed by atoms with Crippen LogP contribution in [0, 0.1) is 0 Å². The molecule has 0 atom stereocenters. The molecule has 114 valence electrons. The van der Waals surface area contributed by atoms with E-state index >= 15 is 0 Å². The number of ether oxygens (including phenoxy) is 1. The van der Waals surface area contributed by atoms with Crippen molar-refractivity contribution >= 4 is 18.3 Å². The summed E-state index contributed by atoms with van der Waals surface area (Å²) < 4.78 is 17.1. The minimum Gasteiger partial charge on any atom is -0.497 e. The number of hydrogen-bond donors (Lipinski definition) is 0. The fourth-order valence-electron chi connectivity index (χ4n) is 2.58. The summed E-state index contributed by atoms with van der Waals surface area (Å²) in [6.45, 7) is 2.95. The first-order valence-electron chi connectivity index (χ1n) is 7.54. The van der Waals surface area contributed by atoms with Crippen molar-refractivity contribution < 1.29 is 14.0 Å². The predicted octanol–water partition coefficient (Wildman–Crippen LogP) is 1.94. The van der Waals surface area contributed by atoms with Crippen LogP contribution in [0.4, 0.5) is 5.69 Å². The van der Waals surface area contributed by atoms with Gasteiger partial charge in [-0.05, 0) is 29.7 Å². The summed E-state index contributed by atoms with van der Waals surface area (Å²) in [6.07, 6.45) is 0. The number of rotatable bonds is 3. The SMILES string of the molecule is COc1cccc(B2OCCN(c3ccccc3)CCO2)c1. The van der Waals surface area contributed by atoms with Crippen LogP contribution in [-0.4, -0.2) is 40.5 Å². The topological polar surface area (TPSA) is 30.9 Å². The molecule has 0 N–H and O–H groups in total. The molecule has 1 aliphatic heterocycles. The molecule has 0 saturated carbocycles. The van der Waals surface area contributed by atoms with Gasteiger partial charge in [-0.3, -0.25) is 0 Å². The summed E-state index contributed by atoms with van der Waals surface area (Å²) in [5.74, 6) is 0.817. The van der Waals surface area contributed by atoms with Crippen LogP contribution >= 0.6 is 0 Å². The maximum absolute atomic E-state index is 5.90. The van der Waals surface area contributed by atoms with Gasteiger partial charge in [0.25, 0.3) is 0 Å². The van der Waals surface area contributed by atoms with Crippen LogP contribution in [0.15, 0.2) is 54.6 Å². The van der Waals surface area contributed by atoms with E-state index in [-0.39, 0.29) is 7.12 Å². The molecule has 0 aromatic heterocycles. The largest absolute Gasteiger partial charge is 0.497 e. The average molecular weight is 297 g/mol. The van der Waals surface area contributed by atoms with E-state index in [1.54, 1.807) is 7.11 Å². The summed E-state index contributed by atoms with van der Waals surface area (Å²) in [7, 11) is 1.34. The maximum atomic E-state index is 5.90. The van der Waals surface area contributed by atoms with Crippen molar-refractivity contribution in [1.82, 2.24) is 0 Å². The molecule has 0 bridgehead atoms. The van der Waals surface area contributed by atoms with Gasteiger partial charge in [0.1, 0.15) is 5.75 Å². The van der Waals surface area contributed by atoms with Crippen molar-refractivity contribution in [3.63, 3.8) is 0 Å². The van der Waals surface area contributed by atoms with Crippen molar-refractivity contribution in [2.75, 3.05) is 38.3 Å². The van der Waals surface area contributed by atoms with Crippen molar-refractivity contribution in [1.29, 1.82) is 0 Å². The zero-order chi connectivity index (χ0) is 15.2. The molecule has 4 nitrogen and oxygen atoms in total. The molecule has 5 heteroatoms. The molecule has 0 amide bonds. The van der Waals surface area contributed by atoms with Gasteiger partial charge in [-0.25, -0.2) is 0 Å². The lowest BCUT2D eigenvalue weighted by molar-refractivity contribution is 0.198. The Bertz CT molecular complexity index is 583. The number of nitrogens with zero attached hydrogens (tertiary/aromatic N) is 1. The lowest BCUT2D eigenvalue weighted by Crippen LogP contribution is -2.44. The van der Waals surface area contributed by atoms with Crippen molar-refractivity contribution in [2.45, 2.75) is 0 Å². The van der Waals surface area contributed by atoms with E-state index in [0.29, 0.717) is 13.2 Å². The van der Waals surface area contributed by atoms with Crippen LogP contribution in [0.1, 0.15) is 0 Å². The highest BCUT2D eigenvalue weighted by Gasteiger charge is 2.24. The van der Waals surface area contributed by atoms with Crippen LogP contribution in [0.25, 0.3) is 0 Å². The van der Waals surface area contributed by atoms with Gasteiger partial charge < -0.3 is 18.9 Å². The van der Waals surface area contributed by atoms with Gasteiger partial charge in [0, 0.05) is 32.0 Å². The Morgan fingerprint density at radius 3 is 2.36 bits per heavy atom. The number of benzene rings is 2. The predicted molar refractivity (Wildman–Crippen MR) is 88.9 cm³/mol. The van der Waals surface area contributed by atoms with Crippen molar-refractivity contribution in [3.05, 3.63) is 54.6 Å². The van der Waals surface area contributed by atoms with E-state index in [9.17, 15) is 0 Å². The minimum absolute atomic E-state index is 0.326. The van der Waals surface area contributed by atoms with E-state index in [2.05, 4.69) is 29.2 Å². The smallest absolute Gasteiger partial charge is 0.494 e. The van der Waals surface area contributed by atoms with Crippen LogP contribution in [-0.2, 0) is 9.31 Å². The van der Waals surface area contributed by atoms with Crippen LogP contribution < -0.4 is 15.1 Å². The molecule has 22 heavy (non-hydrogen) atoms. The van der Waals surface area contributed by atoms with Gasteiger partial charge in [-0.1, -0.05) is 30.3 Å². The van der Waals surface area contributed by atoms with E-state index in [1.165, 1.54) is 5.69 Å². The average Bonchev–Trinajstić information content (AvgIpc) is 2.56. The standard InChI is InChI=1S/C17H20BNO3/c1-20-17-9-5-6-15(14-17)18-21-12-10-19(11-13-22-18)16-7-3-2-4-8-16/h2-9,14H,10-13H2,1H3. The van der Waals surface area contributed by atoms with Crippen LogP contribution in [0.5, 0.6) is 5.75 Å². The number of para-hydroxylation sites is 1. The second kappa shape index (κ2) is 7.34. The Balaban J connectivity index is 1.64. The summed E-state index contributed by atoms with van der Waals surface area (Å²) in [4.78, 5) is 2.28. The molecular weight excluding hydrogens is 277 g/mol. The lowest BCUT2D eigenvalue weighted by Gasteiger charge is -2.29. The van der Waals surface area contributed by atoms with Gasteiger partial charge in [0.05, 0.1) is 7.11 Å². The molecule has 0 radical (unpaired) electrons. The third-order valence-corrected chi connectivity index (χ3v) is 3.75. The van der Waals surface area contributed by atoms with Gasteiger partial charge in [-0.2, -0.15) is 0 Å². The highest BCUT2D eigenvalue weighted by Crippen LogP contribution is 2.14. The molecule has 0 aliphatic carbocycles. The first-order chi connectivity index (χ1) is 10.9. The summed E-state index contributed by atoms with van der Waals surface area (Å²) in [5, 5.41) is 0. The highest BCUT2D eigenvalue weighted by molar-refractivity contribution is 6.61. The number of hydrogen-bond acceptors (Lipinski definition) is 4. The zero-order valence-corrected chi connectivity index (χ0v) is 12.8. The molecular formula is C17H20BNO3. The Labute approximate surface area is 131 Å². The quantitative estimate of drug-likeness (QED) is 0.810. The molecule has 3 rings (SSSR count). The minimum atomic E-state index is -0.326. The van der Waals surface area contributed by atoms with Crippen molar-refractivity contribution in [2.24, 2.45) is 0 Å². The Morgan fingerprint density at radius 2 is 1.68 bits per heavy atom. The van der Waals surface area contributed by atoms with Gasteiger partial charge in [0.2, 0.25) is 0 Å². The molecule has 0 unspecified atom stereocenters. The number of methoxy groups -OCH3 is 1. The van der Waals surface area contributed by atoms with E-state index < -0.39 is 0 Å². The lowest BCUT2D eigenvalue weighted by atomic mass is 9.78. The van der Waals surface area contributed by atoms with Crippen LogP contribution in [0.3, 0.4) is 0 Å². The Hall–Kier alpha value is -1.98. The summed E-state index contributed by atoms with van der Waals surface area (Å²) in [5.41, 5.74) is 2.20. The van der Waals surface area contributed by atoms with Gasteiger partial charge in [0.15, 0.2) is 0 Å². The van der Waals surface area contributed by atoms with E-state index in [1.807, 2.05) is 30.3 Å². The second-order valence-electron chi connectivity index (χ2n) is 5.17. The van der Waals surface area contributed by atoms with E-state index in [0.717, 1.165) is 24.3 Å². The molecule has 2 aromatic rings. The molecule has 1 heterocycles. The fraction of sp³-hybridized carbons (Fsp3) is 0.294. The first kappa shape index (κ1) is 14.9. The second-order valence-corrected chi connectivity index (χ2v) is 5.17. The molecule has 1 aliphatic rings. The molecule has 1 saturated heterocycles. The summed E-state index contributed by atoms with van der Waals surface area (Å²) in [6, 6.07) is 18.2. The van der Waals surface area contributed by atoms with Gasteiger partial charge >= 0.3 is 7.12 Å². The molecule has 0 spiro atoms. The molecule has 1 fully saturated rings. The van der Waals surface area contributed by atoms with Crippen LogP contribution in [0.2, 0.25) is 0 Å². The van der Waals surface area contributed by atoms with E-state index in [4.69, 9.17) is 14.0 Å². The van der Waals surface area contributed by atoms with Crippen molar-refractivity contribution in [3.8, 4) is 5.75 Å². The fourth-order valence-corrected chi connectivity index (χ4v) is 2.58. The normalized spacial score (nSPS) is 16.0. The molecule has 2 aromatic carbocycles. The third-order valence-electron chi connectivity index (χ3n) is 3.75. The monoisotopic (exact) mass is 297 g/mol. The summed E-state index contributed by atoms with van der Waals surface area (Å²) >= 11 is 0. The Morgan fingerprint density at radius 1 is 0.955 bits per heavy atom.